The van der Waals surface area contributed by atoms with Crippen molar-refractivity contribution in [2.45, 2.75) is 24.2 Å². The van der Waals surface area contributed by atoms with E-state index in [2.05, 4.69) is 53.4 Å². The first-order chi connectivity index (χ1) is 16.6. The Kier molecular flexibility index (Phi) is 7.65. The molecule has 1 fully saturated rings. The van der Waals surface area contributed by atoms with Crippen molar-refractivity contribution < 1.29 is 4.39 Å². The van der Waals surface area contributed by atoms with Crippen molar-refractivity contribution in [3.8, 4) is 0 Å². The second kappa shape index (κ2) is 10.9. The number of hydrogen-bond donors (Lipinski definition) is 0. The number of hydrogen-bond acceptors (Lipinski definition) is 2. The molecule has 0 saturated carbocycles. The molecule has 2 aliphatic rings. The molecule has 0 amide bonds. The van der Waals surface area contributed by atoms with Gasteiger partial charge in [0.25, 0.3) is 0 Å². The number of alkyl halides is 1. The highest BCUT2D eigenvalue weighted by Gasteiger charge is 2.24. The molecule has 3 aromatic carbocycles. The summed E-state index contributed by atoms with van der Waals surface area (Å²) in [6, 6.07) is 23.5. The maximum atomic E-state index is 12.5. The molecule has 1 unspecified atom stereocenters. The molecule has 0 N–H and O–H groups in total. The zero-order valence-electron chi connectivity index (χ0n) is 19.1. The Balaban J connectivity index is 1.44. The first-order valence-corrected chi connectivity index (χ1v) is 13.6. The van der Waals surface area contributed by atoms with E-state index in [1.165, 1.54) is 39.2 Å². The van der Waals surface area contributed by atoms with E-state index in [0.717, 1.165) is 37.4 Å². The lowest BCUT2D eigenvalue weighted by atomic mass is 9.88. The van der Waals surface area contributed by atoms with Gasteiger partial charge in [0.2, 0.25) is 0 Å². The van der Waals surface area contributed by atoms with E-state index >= 15 is 0 Å². The molecule has 0 aliphatic carbocycles. The molecule has 1 nitrogen and oxygen atoms in total. The van der Waals surface area contributed by atoms with Gasteiger partial charge in [-0.25, -0.2) is 0 Å². The fourth-order valence-corrected chi connectivity index (χ4v) is 6.79. The Morgan fingerprint density at radius 3 is 2.59 bits per heavy atom. The van der Waals surface area contributed by atoms with Crippen LogP contribution in [0.3, 0.4) is 0 Å². The van der Waals surface area contributed by atoms with Gasteiger partial charge in [-0.15, -0.1) is 11.8 Å². The quantitative estimate of drug-likeness (QED) is 0.313. The highest BCUT2D eigenvalue weighted by atomic mass is 35.5. The molecule has 1 saturated heterocycles. The minimum atomic E-state index is -0.219. The smallest absolute Gasteiger partial charge is 0.0906 e. The number of halogens is 3. The van der Waals surface area contributed by atoms with Gasteiger partial charge in [0.15, 0.2) is 0 Å². The number of benzene rings is 3. The van der Waals surface area contributed by atoms with Crippen LogP contribution in [-0.2, 0) is 6.42 Å². The molecular weight excluding hydrogens is 484 g/mol. The van der Waals surface area contributed by atoms with Crippen LogP contribution in [0, 0.1) is 5.92 Å². The fraction of sp³-hybridized carbons (Fsp3) is 0.310. The third-order valence-electron chi connectivity index (χ3n) is 6.83. The van der Waals surface area contributed by atoms with Crippen molar-refractivity contribution in [3.05, 3.63) is 99.0 Å². The summed E-state index contributed by atoms with van der Waals surface area (Å²) in [7, 11) is 0. The number of likely N-dealkylation sites (tertiary alicyclic amines) is 1. The van der Waals surface area contributed by atoms with Crippen LogP contribution in [0.1, 0.15) is 35.1 Å². The van der Waals surface area contributed by atoms with Gasteiger partial charge < -0.3 is 4.90 Å². The summed E-state index contributed by atoms with van der Waals surface area (Å²) >= 11 is 14.7. The molecule has 1 atom stereocenters. The van der Waals surface area contributed by atoms with Crippen molar-refractivity contribution in [1.29, 1.82) is 0 Å². The average Bonchev–Trinajstić information content (AvgIpc) is 3.30. The SMILES string of the molecule is FCCCN1CCC(Cc2ccc(C3=C(c4ccc(Cl)cc4Cl)CSc4ccccc43)cc2)C1. The standard InChI is InChI=1S/C29H28Cl2FNS/c30-23-10-11-24(27(31)17-23)26-19-34-28-5-2-1-4-25(28)29(26)22-8-6-20(7-9-22)16-21-12-15-33(18-21)14-3-13-32/h1-2,4-11,17,21H,3,12-16,18-19H2. The number of rotatable bonds is 7. The van der Waals surface area contributed by atoms with Crippen molar-refractivity contribution in [2.24, 2.45) is 5.92 Å². The van der Waals surface area contributed by atoms with Gasteiger partial charge in [-0.2, -0.15) is 0 Å². The van der Waals surface area contributed by atoms with Crippen LogP contribution < -0.4 is 0 Å². The van der Waals surface area contributed by atoms with Gasteiger partial charge >= 0.3 is 0 Å². The molecule has 0 spiro atoms. The zero-order chi connectivity index (χ0) is 23.5. The number of thioether (sulfide) groups is 1. The van der Waals surface area contributed by atoms with Gasteiger partial charge in [-0.05, 0) is 83.3 Å². The number of nitrogens with zero attached hydrogens (tertiary/aromatic N) is 1. The van der Waals surface area contributed by atoms with Gasteiger partial charge in [0.1, 0.15) is 0 Å². The molecular formula is C29H28Cl2FNS. The Hall–Kier alpha value is -1.78. The first kappa shape index (κ1) is 23.9. The lowest BCUT2D eigenvalue weighted by Crippen LogP contribution is -2.22. The van der Waals surface area contributed by atoms with E-state index in [-0.39, 0.29) is 6.67 Å². The summed E-state index contributed by atoms with van der Waals surface area (Å²) in [5.74, 6) is 1.52. The maximum Gasteiger partial charge on any atom is 0.0906 e. The highest BCUT2D eigenvalue weighted by molar-refractivity contribution is 7.99. The molecule has 2 heterocycles. The van der Waals surface area contributed by atoms with Crippen LogP contribution in [0.4, 0.5) is 4.39 Å². The predicted molar refractivity (Wildman–Crippen MR) is 145 cm³/mol. The summed E-state index contributed by atoms with van der Waals surface area (Å²) in [6.45, 7) is 2.84. The second-order valence-electron chi connectivity index (χ2n) is 9.16. The Labute approximate surface area is 216 Å². The summed E-state index contributed by atoms with van der Waals surface area (Å²) in [5.41, 5.74) is 7.39. The fourth-order valence-electron chi connectivity index (χ4n) is 5.17. The van der Waals surface area contributed by atoms with Gasteiger partial charge in [0, 0.05) is 33.8 Å². The number of fused-ring (bicyclic) bond motifs is 1. The molecule has 5 heteroatoms. The molecule has 176 valence electrons. The third kappa shape index (κ3) is 5.23. The van der Waals surface area contributed by atoms with Crippen molar-refractivity contribution in [1.82, 2.24) is 4.90 Å². The van der Waals surface area contributed by atoms with Crippen molar-refractivity contribution in [2.75, 3.05) is 32.1 Å². The summed E-state index contributed by atoms with van der Waals surface area (Å²) in [6.07, 6.45) is 2.92. The van der Waals surface area contributed by atoms with Crippen LogP contribution in [0.5, 0.6) is 0 Å². The van der Waals surface area contributed by atoms with E-state index in [9.17, 15) is 4.39 Å². The minimum absolute atomic E-state index is 0.219. The minimum Gasteiger partial charge on any atom is -0.303 e. The molecule has 5 rings (SSSR count). The Bertz CT molecular complexity index is 1190. The van der Waals surface area contributed by atoms with Crippen LogP contribution in [0.15, 0.2) is 71.6 Å². The van der Waals surface area contributed by atoms with Crippen LogP contribution in [0.25, 0.3) is 11.1 Å². The molecule has 0 radical (unpaired) electrons. The molecule has 2 aliphatic heterocycles. The second-order valence-corrected chi connectivity index (χ2v) is 11.0. The molecule has 34 heavy (non-hydrogen) atoms. The van der Waals surface area contributed by atoms with Crippen LogP contribution in [0.2, 0.25) is 10.0 Å². The van der Waals surface area contributed by atoms with Crippen molar-refractivity contribution in [3.63, 3.8) is 0 Å². The van der Waals surface area contributed by atoms with E-state index < -0.39 is 0 Å². The largest absolute Gasteiger partial charge is 0.303 e. The topological polar surface area (TPSA) is 3.24 Å². The average molecular weight is 513 g/mol. The van der Waals surface area contributed by atoms with Crippen LogP contribution in [-0.4, -0.2) is 37.0 Å². The van der Waals surface area contributed by atoms with Crippen LogP contribution >= 0.6 is 35.0 Å². The van der Waals surface area contributed by atoms with Crippen molar-refractivity contribution >= 4 is 46.1 Å². The summed E-state index contributed by atoms with van der Waals surface area (Å²) < 4.78 is 12.5. The first-order valence-electron chi connectivity index (χ1n) is 11.9. The lowest BCUT2D eigenvalue weighted by Gasteiger charge is -2.25. The predicted octanol–water partition coefficient (Wildman–Crippen LogP) is 8.28. The molecule has 3 aromatic rings. The summed E-state index contributed by atoms with van der Waals surface area (Å²) in [4.78, 5) is 3.71. The Morgan fingerprint density at radius 1 is 0.971 bits per heavy atom. The van der Waals surface area contributed by atoms with Gasteiger partial charge in [0.05, 0.1) is 6.67 Å². The van der Waals surface area contributed by atoms with E-state index in [1.807, 2.05) is 30.0 Å². The van der Waals surface area contributed by atoms with Gasteiger partial charge in [-0.1, -0.05) is 71.7 Å². The van der Waals surface area contributed by atoms with Gasteiger partial charge in [-0.3, -0.25) is 4.39 Å². The Morgan fingerprint density at radius 2 is 1.79 bits per heavy atom. The maximum absolute atomic E-state index is 12.5. The summed E-state index contributed by atoms with van der Waals surface area (Å²) in [5, 5.41) is 1.34. The normalized spacial score (nSPS) is 18.4. The van der Waals surface area contributed by atoms with E-state index in [0.29, 0.717) is 22.4 Å². The highest BCUT2D eigenvalue weighted by Crippen LogP contribution is 2.45. The third-order valence-corrected chi connectivity index (χ3v) is 8.48. The van der Waals surface area contributed by atoms with E-state index in [1.54, 1.807) is 0 Å². The lowest BCUT2D eigenvalue weighted by molar-refractivity contribution is 0.301. The monoisotopic (exact) mass is 511 g/mol. The zero-order valence-corrected chi connectivity index (χ0v) is 21.4. The molecule has 0 bridgehead atoms. The molecule has 0 aromatic heterocycles. The van der Waals surface area contributed by atoms with E-state index in [4.69, 9.17) is 23.2 Å².